The minimum Gasteiger partial charge on any atom is -0.366 e. The third-order valence-corrected chi connectivity index (χ3v) is 2.88. The molecule has 0 heterocycles. The van der Waals surface area contributed by atoms with Crippen molar-refractivity contribution in [2.75, 3.05) is 5.32 Å². The van der Waals surface area contributed by atoms with Gasteiger partial charge in [0.05, 0.1) is 0 Å². The van der Waals surface area contributed by atoms with E-state index in [-0.39, 0.29) is 11.8 Å². The average molecular weight is 218 g/mol. The Kier molecular flexibility index (Phi) is 2.64. The number of amides is 2. The molecule has 0 radical (unpaired) electrons. The lowest BCUT2D eigenvalue weighted by Crippen LogP contribution is -2.15. The van der Waals surface area contributed by atoms with Gasteiger partial charge in [-0.05, 0) is 36.6 Å². The number of carbonyl (C=O) groups is 2. The molecule has 0 bridgehead atoms. The maximum atomic E-state index is 11.6. The molecular weight excluding hydrogens is 204 g/mol. The van der Waals surface area contributed by atoms with Crippen LogP contribution in [0.1, 0.15) is 23.7 Å². The molecule has 1 aromatic rings. The van der Waals surface area contributed by atoms with E-state index in [1.807, 2.05) is 0 Å². The first-order valence-electron chi connectivity index (χ1n) is 5.28. The lowest BCUT2D eigenvalue weighted by atomic mass is 10.2. The van der Waals surface area contributed by atoms with Gasteiger partial charge in [-0.15, -0.1) is 0 Å². The number of hydrogen-bond donors (Lipinski definition) is 2. The van der Waals surface area contributed by atoms with Crippen molar-refractivity contribution >= 4 is 17.5 Å². The Hall–Kier alpha value is -1.84. The number of benzene rings is 1. The number of carbonyl (C=O) groups excluding carboxylic acids is 2. The molecule has 2 rings (SSSR count). The van der Waals surface area contributed by atoms with Gasteiger partial charge in [-0.2, -0.15) is 0 Å². The molecule has 2 amide bonds. The SMILES string of the molecule is CC1CC1C(=O)Nc1ccc(C(N)=O)cc1. The Morgan fingerprint density at radius 2 is 1.88 bits per heavy atom. The molecule has 1 aromatic carbocycles. The highest BCUT2D eigenvalue weighted by atomic mass is 16.2. The van der Waals surface area contributed by atoms with Gasteiger partial charge in [0.25, 0.3) is 0 Å². The molecule has 2 atom stereocenters. The molecule has 4 nitrogen and oxygen atoms in total. The smallest absolute Gasteiger partial charge is 0.248 e. The van der Waals surface area contributed by atoms with Crippen molar-refractivity contribution in [3.8, 4) is 0 Å². The highest BCUT2D eigenvalue weighted by Crippen LogP contribution is 2.38. The molecule has 4 heteroatoms. The lowest BCUT2D eigenvalue weighted by Gasteiger charge is -2.04. The summed E-state index contributed by atoms with van der Waals surface area (Å²) in [6, 6.07) is 6.58. The van der Waals surface area contributed by atoms with E-state index >= 15 is 0 Å². The first kappa shape index (κ1) is 10.7. The van der Waals surface area contributed by atoms with Crippen LogP contribution in [0.2, 0.25) is 0 Å². The van der Waals surface area contributed by atoms with Gasteiger partial charge < -0.3 is 11.1 Å². The first-order chi connectivity index (χ1) is 7.58. The number of anilines is 1. The number of rotatable bonds is 3. The van der Waals surface area contributed by atoms with E-state index in [0.29, 0.717) is 17.2 Å². The Labute approximate surface area is 93.8 Å². The van der Waals surface area contributed by atoms with Crippen LogP contribution < -0.4 is 11.1 Å². The standard InChI is InChI=1S/C12H14N2O2/c1-7-6-10(7)12(16)14-9-4-2-8(3-5-9)11(13)15/h2-5,7,10H,6H2,1H3,(H2,13,15)(H,14,16). The van der Waals surface area contributed by atoms with Crippen LogP contribution in [0.25, 0.3) is 0 Å². The van der Waals surface area contributed by atoms with E-state index in [4.69, 9.17) is 5.73 Å². The van der Waals surface area contributed by atoms with Crippen LogP contribution in [0.3, 0.4) is 0 Å². The summed E-state index contributed by atoms with van der Waals surface area (Å²) in [5.74, 6) is 0.230. The lowest BCUT2D eigenvalue weighted by molar-refractivity contribution is -0.117. The fourth-order valence-corrected chi connectivity index (χ4v) is 1.64. The quantitative estimate of drug-likeness (QED) is 0.804. The van der Waals surface area contributed by atoms with E-state index in [9.17, 15) is 9.59 Å². The fraction of sp³-hybridized carbons (Fsp3) is 0.333. The van der Waals surface area contributed by atoms with Crippen molar-refractivity contribution < 1.29 is 9.59 Å². The summed E-state index contributed by atoms with van der Waals surface area (Å²) in [5, 5.41) is 2.81. The Balaban J connectivity index is 2.00. The second-order valence-corrected chi connectivity index (χ2v) is 4.25. The molecular formula is C12H14N2O2. The van der Waals surface area contributed by atoms with E-state index in [2.05, 4.69) is 12.2 Å². The van der Waals surface area contributed by atoms with Crippen molar-refractivity contribution in [3.05, 3.63) is 29.8 Å². The van der Waals surface area contributed by atoms with Gasteiger partial charge in [-0.3, -0.25) is 9.59 Å². The summed E-state index contributed by atoms with van der Waals surface area (Å²) in [7, 11) is 0. The summed E-state index contributed by atoms with van der Waals surface area (Å²) in [4.78, 5) is 22.4. The van der Waals surface area contributed by atoms with Crippen LogP contribution in [0.4, 0.5) is 5.69 Å². The molecule has 1 aliphatic rings. The minimum atomic E-state index is -0.464. The predicted molar refractivity (Wildman–Crippen MR) is 60.9 cm³/mol. The molecule has 2 unspecified atom stereocenters. The van der Waals surface area contributed by atoms with Gasteiger partial charge in [0.1, 0.15) is 0 Å². The first-order valence-corrected chi connectivity index (χ1v) is 5.28. The second-order valence-electron chi connectivity index (χ2n) is 4.25. The number of primary amides is 1. The van der Waals surface area contributed by atoms with Gasteiger partial charge in [0, 0.05) is 17.2 Å². The van der Waals surface area contributed by atoms with Crippen molar-refractivity contribution in [1.29, 1.82) is 0 Å². The third-order valence-electron chi connectivity index (χ3n) is 2.88. The average Bonchev–Trinajstić information content (AvgIpc) is 2.96. The summed E-state index contributed by atoms with van der Waals surface area (Å²) in [5.41, 5.74) is 6.26. The van der Waals surface area contributed by atoms with Gasteiger partial charge in [-0.1, -0.05) is 6.92 Å². The third kappa shape index (κ3) is 2.21. The predicted octanol–water partition coefficient (Wildman–Crippen LogP) is 1.38. The van der Waals surface area contributed by atoms with E-state index < -0.39 is 5.91 Å². The van der Waals surface area contributed by atoms with E-state index in [1.54, 1.807) is 24.3 Å². The number of nitrogens with one attached hydrogen (secondary N) is 1. The molecule has 3 N–H and O–H groups in total. The topological polar surface area (TPSA) is 72.2 Å². The molecule has 16 heavy (non-hydrogen) atoms. The summed E-state index contributed by atoms with van der Waals surface area (Å²) < 4.78 is 0. The van der Waals surface area contributed by atoms with Crippen molar-refractivity contribution in [2.24, 2.45) is 17.6 Å². The van der Waals surface area contributed by atoms with Gasteiger partial charge in [0.15, 0.2) is 0 Å². The Morgan fingerprint density at radius 1 is 1.31 bits per heavy atom. The molecule has 0 aliphatic heterocycles. The molecule has 0 aromatic heterocycles. The maximum absolute atomic E-state index is 11.6. The maximum Gasteiger partial charge on any atom is 0.248 e. The van der Waals surface area contributed by atoms with Crippen LogP contribution in [-0.2, 0) is 4.79 Å². The monoisotopic (exact) mass is 218 g/mol. The summed E-state index contributed by atoms with van der Waals surface area (Å²) in [6.45, 7) is 2.06. The molecule has 0 saturated heterocycles. The van der Waals surface area contributed by atoms with E-state index in [1.165, 1.54) is 0 Å². The van der Waals surface area contributed by atoms with Crippen LogP contribution in [-0.4, -0.2) is 11.8 Å². The van der Waals surface area contributed by atoms with Crippen molar-refractivity contribution in [1.82, 2.24) is 0 Å². The zero-order valence-electron chi connectivity index (χ0n) is 9.07. The zero-order chi connectivity index (χ0) is 11.7. The molecule has 1 aliphatic carbocycles. The molecule has 1 fully saturated rings. The van der Waals surface area contributed by atoms with Crippen LogP contribution >= 0.6 is 0 Å². The Bertz CT molecular complexity index is 425. The normalized spacial score (nSPS) is 22.6. The highest BCUT2D eigenvalue weighted by Gasteiger charge is 2.38. The number of hydrogen-bond acceptors (Lipinski definition) is 2. The Morgan fingerprint density at radius 3 is 2.31 bits per heavy atom. The fourth-order valence-electron chi connectivity index (χ4n) is 1.64. The number of nitrogens with two attached hydrogens (primary N) is 1. The minimum absolute atomic E-state index is 0.0549. The summed E-state index contributed by atoms with van der Waals surface area (Å²) >= 11 is 0. The molecule has 0 spiro atoms. The second kappa shape index (κ2) is 3.96. The van der Waals surface area contributed by atoms with E-state index in [0.717, 1.165) is 6.42 Å². The zero-order valence-corrected chi connectivity index (χ0v) is 9.07. The van der Waals surface area contributed by atoms with Crippen LogP contribution in [0.5, 0.6) is 0 Å². The van der Waals surface area contributed by atoms with Crippen molar-refractivity contribution in [3.63, 3.8) is 0 Å². The van der Waals surface area contributed by atoms with Gasteiger partial charge >= 0.3 is 0 Å². The molecule has 1 saturated carbocycles. The largest absolute Gasteiger partial charge is 0.366 e. The van der Waals surface area contributed by atoms with Gasteiger partial charge in [-0.25, -0.2) is 0 Å². The van der Waals surface area contributed by atoms with Crippen molar-refractivity contribution in [2.45, 2.75) is 13.3 Å². The van der Waals surface area contributed by atoms with Gasteiger partial charge in [0.2, 0.25) is 11.8 Å². The highest BCUT2D eigenvalue weighted by molar-refractivity contribution is 5.96. The van der Waals surface area contributed by atoms with Crippen LogP contribution in [0.15, 0.2) is 24.3 Å². The molecule has 84 valence electrons. The van der Waals surface area contributed by atoms with Crippen LogP contribution in [0, 0.1) is 11.8 Å². The summed E-state index contributed by atoms with van der Waals surface area (Å²) in [6.07, 6.45) is 0.963.